The second-order valence-corrected chi connectivity index (χ2v) is 9.32. The van der Waals surface area contributed by atoms with Crippen LogP contribution in [0.15, 0.2) is 97.5 Å². The van der Waals surface area contributed by atoms with Crippen LogP contribution < -0.4 is 14.9 Å². The minimum absolute atomic E-state index is 0.133. The summed E-state index contributed by atoms with van der Waals surface area (Å²) < 4.78 is 3.10. The molecule has 0 aliphatic carbocycles. The predicted octanol–water partition coefficient (Wildman–Crippen LogP) is 3.99. The van der Waals surface area contributed by atoms with Crippen molar-refractivity contribution < 1.29 is 24.3 Å². The summed E-state index contributed by atoms with van der Waals surface area (Å²) in [5.74, 6) is -1.96. The molecule has 1 unspecified atom stereocenters. The van der Waals surface area contributed by atoms with Gasteiger partial charge in [-0.05, 0) is 70.9 Å². The third-order valence-corrected chi connectivity index (χ3v) is 6.60. The normalized spacial score (nSPS) is 11.6. The van der Waals surface area contributed by atoms with Crippen LogP contribution in [0.4, 0.5) is 5.69 Å². The Labute approximate surface area is 234 Å². The molecule has 0 fully saturated rings. The van der Waals surface area contributed by atoms with Gasteiger partial charge in [-0.3, -0.25) is 9.63 Å². The molecule has 2 heterocycles. The van der Waals surface area contributed by atoms with E-state index in [1.807, 2.05) is 54.6 Å². The lowest BCUT2D eigenvalue weighted by Gasteiger charge is -2.16. The highest BCUT2D eigenvalue weighted by Crippen LogP contribution is 2.30. The molecule has 0 bridgehead atoms. The van der Waals surface area contributed by atoms with Gasteiger partial charge in [0.25, 0.3) is 0 Å². The quantitative estimate of drug-likeness (QED) is 0.264. The van der Waals surface area contributed by atoms with E-state index in [0.29, 0.717) is 28.5 Å². The number of benzene rings is 3. The molecule has 200 valence electrons. The molecule has 11 heteroatoms. The van der Waals surface area contributed by atoms with E-state index in [1.54, 1.807) is 29.1 Å². The van der Waals surface area contributed by atoms with Crippen LogP contribution in [-0.4, -0.2) is 44.3 Å². The fourth-order valence-corrected chi connectivity index (χ4v) is 4.57. The fraction of sp³-hybridized carbons (Fsp3) is 0.103. The van der Waals surface area contributed by atoms with Gasteiger partial charge in [0, 0.05) is 27.1 Å². The number of amides is 1. The molecule has 0 saturated carbocycles. The van der Waals surface area contributed by atoms with Crippen LogP contribution in [0.3, 0.4) is 0 Å². The molecule has 5 aromatic rings. The number of carbonyl (C=O) groups excluding carboxylic acids is 1. The van der Waals surface area contributed by atoms with Crippen molar-refractivity contribution in [3.8, 4) is 16.8 Å². The number of pyridine rings is 1. The minimum atomic E-state index is -1.04. The highest BCUT2D eigenvalue weighted by molar-refractivity contribution is 6.31. The minimum Gasteiger partial charge on any atom is -0.478 e. The van der Waals surface area contributed by atoms with E-state index in [4.69, 9.17) is 16.4 Å². The molecular weight excluding hydrogens is 532 g/mol. The van der Waals surface area contributed by atoms with E-state index in [1.165, 1.54) is 30.3 Å². The maximum Gasteiger partial charge on any atom is 0.335 e. The molecule has 2 N–H and O–H groups in total. The van der Waals surface area contributed by atoms with Crippen molar-refractivity contribution in [2.75, 3.05) is 12.4 Å². The summed E-state index contributed by atoms with van der Waals surface area (Å²) in [5, 5.41) is 24.1. The Kier molecular flexibility index (Phi) is 7.79. The van der Waals surface area contributed by atoms with E-state index in [9.17, 15) is 14.7 Å². The third-order valence-electron chi connectivity index (χ3n) is 6.36. The summed E-state index contributed by atoms with van der Waals surface area (Å²) in [6, 6.07) is 24.8. The number of nitrogens with one attached hydrogen (secondary N) is 1. The average molecular weight is 556 g/mol. The molecule has 10 nitrogen and oxygen atoms in total. The van der Waals surface area contributed by atoms with Gasteiger partial charge in [-0.25, -0.2) is 4.79 Å². The first-order valence-corrected chi connectivity index (χ1v) is 12.6. The first-order valence-electron chi connectivity index (χ1n) is 12.2. The van der Waals surface area contributed by atoms with Crippen LogP contribution in [0.5, 0.6) is 0 Å². The van der Waals surface area contributed by atoms with Crippen LogP contribution in [0.25, 0.3) is 16.8 Å². The third kappa shape index (κ3) is 5.82. The Hall–Kier alpha value is -5.09. The number of aromatic carboxylic acids is 1. The Bertz CT molecular complexity index is 1640. The Morgan fingerprint density at radius 2 is 1.82 bits per heavy atom. The van der Waals surface area contributed by atoms with Crippen LogP contribution in [0.2, 0.25) is 5.02 Å². The maximum absolute atomic E-state index is 13.7. The number of hydrogen-bond acceptors (Lipinski definition) is 6. The largest absolute Gasteiger partial charge is 0.478 e. The number of rotatable bonds is 9. The molecule has 2 aromatic heterocycles. The lowest BCUT2D eigenvalue weighted by molar-refractivity contribution is -0.890. The molecule has 1 atom stereocenters. The van der Waals surface area contributed by atoms with Crippen molar-refractivity contribution in [1.82, 2.24) is 20.2 Å². The van der Waals surface area contributed by atoms with E-state index < -0.39 is 11.9 Å². The smallest absolute Gasteiger partial charge is 0.335 e. The number of tetrazole rings is 1. The summed E-state index contributed by atoms with van der Waals surface area (Å²) >= 11 is 6.33. The predicted molar refractivity (Wildman–Crippen MR) is 147 cm³/mol. The second kappa shape index (κ2) is 11.7. The van der Waals surface area contributed by atoms with Gasteiger partial charge in [0.1, 0.15) is 19.4 Å². The highest BCUT2D eigenvalue weighted by atomic mass is 35.5. The summed E-state index contributed by atoms with van der Waals surface area (Å²) in [7, 11) is 1.52. The molecule has 1 amide bonds. The number of carboxylic acid groups (broad SMARTS) is 1. The molecule has 0 saturated heterocycles. The van der Waals surface area contributed by atoms with Gasteiger partial charge >= 0.3 is 5.97 Å². The lowest BCUT2D eigenvalue weighted by Crippen LogP contribution is -2.47. The fourth-order valence-electron chi connectivity index (χ4n) is 4.40. The first kappa shape index (κ1) is 26.5. The molecule has 0 spiro atoms. The van der Waals surface area contributed by atoms with Gasteiger partial charge in [0.2, 0.25) is 17.8 Å². The van der Waals surface area contributed by atoms with Crippen molar-refractivity contribution in [2.24, 2.45) is 0 Å². The molecule has 40 heavy (non-hydrogen) atoms. The Balaban J connectivity index is 1.53. The molecule has 3 aromatic carbocycles. The van der Waals surface area contributed by atoms with E-state index in [-0.39, 0.29) is 11.5 Å². The van der Waals surface area contributed by atoms with Crippen molar-refractivity contribution in [2.45, 2.75) is 12.3 Å². The molecule has 5 rings (SSSR count). The number of halogens is 1. The van der Waals surface area contributed by atoms with E-state index >= 15 is 0 Å². The van der Waals surface area contributed by atoms with Gasteiger partial charge in [0.05, 0.1) is 16.8 Å². The van der Waals surface area contributed by atoms with Gasteiger partial charge in [0.15, 0.2) is 0 Å². The molecular formula is C29H24ClN6O4+. The summed E-state index contributed by atoms with van der Waals surface area (Å²) in [5.41, 5.74) is 4.44. The lowest BCUT2D eigenvalue weighted by atomic mass is 9.93. The van der Waals surface area contributed by atoms with Crippen LogP contribution >= 0.6 is 11.6 Å². The molecule has 0 aliphatic heterocycles. The second-order valence-electron chi connectivity index (χ2n) is 8.88. The zero-order valence-electron chi connectivity index (χ0n) is 21.3. The number of nitrogens with zero attached hydrogens (tertiary/aromatic N) is 5. The van der Waals surface area contributed by atoms with Crippen molar-refractivity contribution in [1.29, 1.82) is 0 Å². The van der Waals surface area contributed by atoms with Gasteiger partial charge in [-0.1, -0.05) is 41.9 Å². The SMILES string of the molecule is CO[n+]1cc(-c2cc(Cl)ccc2-n2cnnn2)ccc1C(Cc1ccccc1)C(=O)Nc1ccc(C(=O)O)cc1. The molecule has 0 aliphatic rings. The standard InChI is InChI=1S/C29H23ClN6O4/c1-40-36-17-21(24-16-22(30)10-14-26(24)35-18-31-33-34-35)9-13-27(36)25(15-19-5-3-2-4-6-19)28(37)32-23-11-7-20(8-12-23)29(38)39/h2-14,16-18,25H,15H2,1H3,(H-,32,37,38,39)/p+1. The van der Waals surface area contributed by atoms with Gasteiger partial charge in [-0.2, -0.15) is 4.68 Å². The number of aromatic nitrogens is 5. The highest BCUT2D eigenvalue weighted by Gasteiger charge is 2.32. The first-order chi connectivity index (χ1) is 19.4. The summed E-state index contributed by atoms with van der Waals surface area (Å²) in [6.07, 6.45) is 3.67. The van der Waals surface area contributed by atoms with Gasteiger partial charge < -0.3 is 10.4 Å². The zero-order valence-corrected chi connectivity index (χ0v) is 22.1. The van der Waals surface area contributed by atoms with Crippen LogP contribution in [0, 0.1) is 0 Å². The topological polar surface area (TPSA) is 123 Å². The number of hydrogen-bond donors (Lipinski definition) is 2. The summed E-state index contributed by atoms with van der Waals surface area (Å²) in [6.45, 7) is 0. The number of anilines is 1. The average Bonchev–Trinajstić information content (AvgIpc) is 3.51. The van der Waals surface area contributed by atoms with Crippen molar-refractivity contribution in [3.05, 3.63) is 119 Å². The monoisotopic (exact) mass is 555 g/mol. The van der Waals surface area contributed by atoms with Crippen molar-refractivity contribution >= 4 is 29.2 Å². The Morgan fingerprint density at radius 3 is 2.50 bits per heavy atom. The van der Waals surface area contributed by atoms with Crippen LogP contribution in [0.1, 0.15) is 27.5 Å². The van der Waals surface area contributed by atoms with E-state index in [0.717, 1.165) is 16.7 Å². The molecule has 0 radical (unpaired) electrons. The van der Waals surface area contributed by atoms with Crippen molar-refractivity contribution in [3.63, 3.8) is 0 Å². The van der Waals surface area contributed by atoms with E-state index in [2.05, 4.69) is 20.8 Å². The van der Waals surface area contributed by atoms with Gasteiger partial charge in [-0.15, -0.1) is 5.10 Å². The summed E-state index contributed by atoms with van der Waals surface area (Å²) in [4.78, 5) is 30.6. The Morgan fingerprint density at radius 1 is 1.05 bits per heavy atom. The maximum atomic E-state index is 13.7. The van der Waals surface area contributed by atoms with Crippen LogP contribution in [-0.2, 0) is 11.2 Å². The number of carbonyl (C=O) groups is 2. The number of carboxylic acids is 1. The zero-order chi connectivity index (χ0) is 28.1.